The molecule has 6 N–H and O–H groups in total. The first-order valence-electron chi connectivity index (χ1n) is 12.1. The van der Waals surface area contributed by atoms with E-state index in [0.717, 1.165) is 16.7 Å². The lowest BCUT2D eigenvalue weighted by molar-refractivity contribution is -0.130. The predicted molar refractivity (Wildman–Crippen MR) is 151 cm³/mol. The molecule has 1 atom stereocenters. The predicted octanol–water partition coefficient (Wildman–Crippen LogP) is 3.83. The molecular weight excluding hydrogens is 486 g/mol. The standard InChI is InChI=1S/C29H35N5O2.ClH/c1-29(2,23-17-10-5-11-18-23)34-26(35)24(19-12-20-32-28(30)31)33-27(36)25(21-13-6-3-7-14-21)22-15-8-4-9-16-22;/h3-11,13-18,24-25H,12,19-20H2,1-2H3,(H,33,36)(H,34,35)(H4,30,31,32);1H/t24-;/m1./s1. The van der Waals surface area contributed by atoms with Crippen LogP contribution in [0.1, 0.15) is 49.3 Å². The van der Waals surface area contributed by atoms with Crippen LogP contribution in [0.25, 0.3) is 0 Å². The van der Waals surface area contributed by atoms with Crippen LogP contribution in [0.2, 0.25) is 0 Å². The van der Waals surface area contributed by atoms with Gasteiger partial charge in [0.2, 0.25) is 11.8 Å². The highest BCUT2D eigenvalue weighted by Crippen LogP contribution is 2.25. The van der Waals surface area contributed by atoms with Crippen LogP contribution in [-0.4, -0.2) is 30.4 Å². The summed E-state index contributed by atoms with van der Waals surface area (Å²) in [5, 5.41) is 6.12. The number of nitrogens with two attached hydrogens (primary N) is 2. The Hall–Kier alpha value is -3.84. The Labute approximate surface area is 225 Å². The van der Waals surface area contributed by atoms with E-state index in [4.69, 9.17) is 11.5 Å². The highest BCUT2D eigenvalue weighted by Gasteiger charge is 2.31. The monoisotopic (exact) mass is 521 g/mol. The van der Waals surface area contributed by atoms with Crippen LogP contribution >= 0.6 is 12.4 Å². The maximum Gasteiger partial charge on any atom is 0.243 e. The van der Waals surface area contributed by atoms with Gasteiger partial charge >= 0.3 is 0 Å². The van der Waals surface area contributed by atoms with Crippen molar-refractivity contribution in [2.75, 3.05) is 6.54 Å². The van der Waals surface area contributed by atoms with Gasteiger partial charge in [-0.05, 0) is 43.4 Å². The van der Waals surface area contributed by atoms with Crippen molar-refractivity contribution in [1.82, 2.24) is 10.6 Å². The molecule has 7 nitrogen and oxygen atoms in total. The van der Waals surface area contributed by atoms with E-state index in [2.05, 4.69) is 15.6 Å². The Kier molecular flexibility index (Phi) is 11.2. The summed E-state index contributed by atoms with van der Waals surface area (Å²) in [5.74, 6) is -1.06. The lowest BCUT2D eigenvalue weighted by Gasteiger charge is -2.30. The Bertz CT molecular complexity index is 1110. The third kappa shape index (κ3) is 8.65. The molecule has 0 aliphatic heterocycles. The maximum atomic E-state index is 13.7. The summed E-state index contributed by atoms with van der Waals surface area (Å²) in [5.41, 5.74) is 12.9. The summed E-state index contributed by atoms with van der Waals surface area (Å²) >= 11 is 0. The molecule has 0 aromatic heterocycles. The minimum absolute atomic E-state index is 0. The molecule has 3 aromatic carbocycles. The molecule has 0 radical (unpaired) electrons. The smallest absolute Gasteiger partial charge is 0.243 e. The third-order valence-corrected chi connectivity index (χ3v) is 6.04. The van der Waals surface area contributed by atoms with Gasteiger partial charge in [-0.15, -0.1) is 12.4 Å². The molecular formula is C29H36ClN5O2. The first kappa shape index (κ1) is 29.4. The van der Waals surface area contributed by atoms with Gasteiger partial charge in [-0.3, -0.25) is 14.6 Å². The van der Waals surface area contributed by atoms with Crippen LogP contribution in [0.5, 0.6) is 0 Å². The Morgan fingerprint density at radius 1 is 0.811 bits per heavy atom. The summed E-state index contributed by atoms with van der Waals surface area (Å²) in [6.07, 6.45) is 0.916. The zero-order chi connectivity index (χ0) is 26.0. The zero-order valence-electron chi connectivity index (χ0n) is 21.3. The number of hydrogen-bond acceptors (Lipinski definition) is 3. The number of amides is 2. The number of benzene rings is 3. The van der Waals surface area contributed by atoms with Crippen molar-refractivity contribution in [3.8, 4) is 0 Å². The second kappa shape index (κ2) is 14.0. The van der Waals surface area contributed by atoms with Crippen LogP contribution in [0.4, 0.5) is 0 Å². The molecule has 0 unspecified atom stereocenters. The highest BCUT2D eigenvalue weighted by molar-refractivity contribution is 5.92. The SMILES string of the molecule is CC(C)(NC(=O)[C@@H](CCCN=C(N)N)NC(=O)C(c1ccccc1)c1ccccc1)c1ccccc1.Cl. The van der Waals surface area contributed by atoms with Gasteiger partial charge in [-0.25, -0.2) is 0 Å². The molecule has 0 fully saturated rings. The number of rotatable bonds is 11. The summed E-state index contributed by atoms with van der Waals surface area (Å²) in [6, 6.07) is 28.1. The minimum atomic E-state index is -0.760. The van der Waals surface area contributed by atoms with Crippen LogP contribution < -0.4 is 22.1 Å². The highest BCUT2D eigenvalue weighted by atomic mass is 35.5. The quantitative estimate of drug-likeness (QED) is 0.174. The Balaban J connectivity index is 0.00000481. The molecule has 2 amide bonds. The Morgan fingerprint density at radius 3 is 1.78 bits per heavy atom. The molecule has 0 aliphatic carbocycles. The van der Waals surface area contributed by atoms with E-state index in [1.807, 2.05) is 105 Å². The average Bonchev–Trinajstić information content (AvgIpc) is 2.87. The van der Waals surface area contributed by atoms with Crippen LogP contribution in [0.3, 0.4) is 0 Å². The molecule has 0 spiro atoms. The lowest BCUT2D eigenvalue weighted by Crippen LogP contribution is -2.52. The van der Waals surface area contributed by atoms with Crippen molar-refractivity contribution >= 4 is 30.2 Å². The number of halogens is 1. The van der Waals surface area contributed by atoms with Gasteiger partial charge in [0.1, 0.15) is 6.04 Å². The van der Waals surface area contributed by atoms with E-state index in [1.165, 1.54) is 0 Å². The van der Waals surface area contributed by atoms with Crippen molar-refractivity contribution in [2.24, 2.45) is 16.5 Å². The zero-order valence-corrected chi connectivity index (χ0v) is 22.1. The third-order valence-electron chi connectivity index (χ3n) is 6.04. The van der Waals surface area contributed by atoms with Gasteiger partial charge in [-0.1, -0.05) is 91.0 Å². The topological polar surface area (TPSA) is 123 Å². The minimum Gasteiger partial charge on any atom is -0.370 e. The number of nitrogens with one attached hydrogen (secondary N) is 2. The largest absolute Gasteiger partial charge is 0.370 e. The van der Waals surface area contributed by atoms with Crippen molar-refractivity contribution in [3.05, 3.63) is 108 Å². The van der Waals surface area contributed by atoms with Gasteiger partial charge in [-0.2, -0.15) is 0 Å². The normalized spacial score (nSPS) is 11.6. The Morgan fingerprint density at radius 2 is 1.30 bits per heavy atom. The van der Waals surface area contributed by atoms with E-state index in [1.54, 1.807) is 0 Å². The molecule has 0 saturated carbocycles. The van der Waals surface area contributed by atoms with E-state index in [9.17, 15) is 9.59 Å². The average molecular weight is 522 g/mol. The second-order valence-corrected chi connectivity index (χ2v) is 9.24. The number of nitrogens with zero attached hydrogens (tertiary/aromatic N) is 1. The van der Waals surface area contributed by atoms with Crippen LogP contribution in [0, 0.1) is 0 Å². The number of carbonyl (C=O) groups is 2. The first-order chi connectivity index (χ1) is 17.3. The molecule has 8 heteroatoms. The van der Waals surface area contributed by atoms with Gasteiger partial charge in [0.25, 0.3) is 0 Å². The number of hydrogen-bond donors (Lipinski definition) is 4. The summed E-state index contributed by atoms with van der Waals surface area (Å²) in [4.78, 5) is 31.2. The molecule has 0 aliphatic rings. The van der Waals surface area contributed by atoms with Gasteiger partial charge in [0.05, 0.1) is 11.5 Å². The summed E-state index contributed by atoms with van der Waals surface area (Å²) in [7, 11) is 0. The molecule has 0 bridgehead atoms. The van der Waals surface area contributed by atoms with Gasteiger partial charge in [0, 0.05) is 6.54 Å². The number of carbonyl (C=O) groups excluding carboxylic acids is 2. The van der Waals surface area contributed by atoms with E-state index in [0.29, 0.717) is 19.4 Å². The fourth-order valence-electron chi connectivity index (χ4n) is 4.14. The first-order valence-corrected chi connectivity index (χ1v) is 12.1. The van der Waals surface area contributed by atoms with Crippen molar-refractivity contribution in [1.29, 1.82) is 0 Å². The molecule has 196 valence electrons. The van der Waals surface area contributed by atoms with Crippen molar-refractivity contribution < 1.29 is 9.59 Å². The fraction of sp³-hybridized carbons (Fsp3) is 0.276. The van der Waals surface area contributed by atoms with Crippen molar-refractivity contribution in [3.63, 3.8) is 0 Å². The second-order valence-electron chi connectivity index (χ2n) is 9.24. The molecule has 0 saturated heterocycles. The van der Waals surface area contributed by atoms with Gasteiger partial charge in [0.15, 0.2) is 5.96 Å². The maximum absolute atomic E-state index is 13.7. The molecule has 3 aromatic rings. The van der Waals surface area contributed by atoms with Crippen LogP contribution in [0.15, 0.2) is 96.0 Å². The lowest BCUT2D eigenvalue weighted by atomic mass is 9.90. The van der Waals surface area contributed by atoms with Crippen LogP contribution in [-0.2, 0) is 15.1 Å². The molecule has 3 rings (SSSR count). The van der Waals surface area contributed by atoms with Crippen molar-refractivity contribution in [2.45, 2.75) is 44.2 Å². The van der Waals surface area contributed by atoms with E-state index in [-0.39, 0.29) is 30.2 Å². The fourth-order valence-corrected chi connectivity index (χ4v) is 4.14. The number of guanidine groups is 1. The van der Waals surface area contributed by atoms with E-state index < -0.39 is 17.5 Å². The summed E-state index contributed by atoms with van der Waals surface area (Å²) < 4.78 is 0. The number of aliphatic imine (C=N–C) groups is 1. The summed E-state index contributed by atoms with van der Waals surface area (Å²) in [6.45, 7) is 4.25. The van der Waals surface area contributed by atoms with E-state index >= 15 is 0 Å². The molecule has 37 heavy (non-hydrogen) atoms. The molecule has 0 heterocycles. The van der Waals surface area contributed by atoms with Gasteiger partial charge < -0.3 is 22.1 Å².